The standard InChI is InChI=1S/C11H12ClF2N/c12-9-4-5-15(7-9)6-8-2-1-3-10(13)11(8)14/h1-3,9H,4-7H2. The minimum atomic E-state index is -0.783. The van der Waals surface area contributed by atoms with E-state index in [9.17, 15) is 8.78 Å². The molecule has 0 amide bonds. The van der Waals surface area contributed by atoms with E-state index in [1.165, 1.54) is 6.07 Å². The van der Waals surface area contributed by atoms with Gasteiger partial charge in [0.1, 0.15) is 0 Å². The molecule has 2 rings (SSSR count). The van der Waals surface area contributed by atoms with Crippen LogP contribution in [-0.2, 0) is 6.54 Å². The summed E-state index contributed by atoms with van der Waals surface area (Å²) in [5.74, 6) is -1.52. The van der Waals surface area contributed by atoms with Crippen molar-refractivity contribution < 1.29 is 8.78 Å². The Bertz CT molecular complexity index is 356. The first-order valence-electron chi connectivity index (χ1n) is 4.96. The lowest BCUT2D eigenvalue weighted by Gasteiger charge is -2.15. The Labute approximate surface area is 92.6 Å². The van der Waals surface area contributed by atoms with Gasteiger partial charge in [-0.25, -0.2) is 8.78 Å². The lowest BCUT2D eigenvalue weighted by Crippen LogP contribution is -2.21. The summed E-state index contributed by atoms with van der Waals surface area (Å²) in [6.45, 7) is 2.04. The lowest BCUT2D eigenvalue weighted by molar-refractivity contribution is 0.323. The maximum atomic E-state index is 13.3. The Kier molecular flexibility index (Phi) is 3.22. The molecular weight excluding hydrogens is 220 g/mol. The van der Waals surface area contributed by atoms with E-state index in [4.69, 9.17) is 11.6 Å². The van der Waals surface area contributed by atoms with Gasteiger partial charge in [0, 0.05) is 24.0 Å². The van der Waals surface area contributed by atoms with Crippen LogP contribution in [0.1, 0.15) is 12.0 Å². The fourth-order valence-electron chi connectivity index (χ4n) is 1.84. The summed E-state index contributed by atoms with van der Waals surface area (Å²) in [7, 11) is 0. The minimum absolute atomic E-state index is 0.140. The Morgan fingerprint density at radius 3 is 2.87 bits per heavy atom. The molecule has 0 N–H and O–H groups in total. The van der Waals surface area contributed by atoms with E-state index < -0.39 is 11.6 Å². The molecule has 1 heterocycles. The van der Waals surface area contributed by atoms with Crippen LogP contribution in [0.2, 0.25) is 0 Å². The molecule has 15 heavy (non-hydrogen) atoms. The van der Waals surface area contributed by atoms with Crippen LogP contribution >= 0.6 is 11.6 Å². The van der Waals surface area contributed by atoms with Crippen molar-refractivity contribution in [3.05, 3.63) is 35.4 Å². The number of rotatable bonds is 2. The van der Waals surface area contributed by atoms with Crippen LogP contribution in [-0.4, -0.2) is 23.4 Å². The molecule has 0 bridgehead atoms. The fourth-order valence-corrected chi connectivity index (χ4v) is 2.13. The van der Waals surface area contributed by atoms with E-state index in [-0.39, 0.29) is 5.38 Å². The van der Waals surface area contributed by atoms with Gasteiger partial charge in [0.15, 0.2) is 11.6 Å². The zero-order valence-electron chi connectivity index (χ0n) is 8.22. The number of halogens is 3. The molecule has 1 aromatic carbocycles. The third-order valence-corrected chi connectivity index (χ3v) is 3.00. The molecule has 0 aliphatic carbocycles. The Morgan fingerprint density at radius 1 is 1.40 bits per heavy atom. The van der Waals surface area contributed by atoms with Crippen molar-refractivity contribution in [2.75, 3.05) is 13.1 Å². The molecule has 1 nitrogen and oxygen atoms in total. The molecule has 4 heteroatoms. The van der Waals surface area contributed by atoms with E-state index in [0.29, 0.717) is 12.1 Å². The summed E-state index contributed by atoms with van der Waals surface area (Å²) in [4.78, 5) is 2.04. The summed E-state index contributed by atoms with van der Waals surface area (Å²) in [6, 6.07) is 4.27. The minimum Gasteiger partial charge on any atom is -0.297 e. The predicted octanol–water partition coefficient (Wildman–Crippen LogP) is 2.78. The van der Waals surface area contributed by atoms with Crippen molar-refractivity contribution in [1.29, 1.82) is 0 Å². The summed E-state index contributed by atoms with van der Waals surface area (Å²) in [6.07, 6.45) is 0.915. The first kappa shape index (κ1) is 10.8. The van der Waals surface area contributed by atoms with E-state index in [1.807, 2.05) is 4.90 Å². The van der Waals surface area contributed by atoms with E-state index in [0.717, 1.165) is 25.6 Å². The Morgan fingerprint density at radius 2 is 2.20 bits per heavy atom. The number of alkyl halides is 1. The molecule has 1 fully saturated rings. The largest absolute Gasteiger partial charge is 0.297 e. The van der Waals surface area contributed by atoms with Crippen molar-refractivity contribution >= 4 is 11.6 Å². The normalized spacial score (nSPS) is 22.2. The van der Waals surface area contributed by atoms with Crippen molar-refractivity contribution in [1.82, 2.24) is 4.90 Å². The van der Waals surface area contributed by atoms with E-state index in [2.05, 4.69) is 0 Å². The molecule has 0 spiro atoms. The second-order valence-electron chi connectivity index (χ2n) is 3.83. The van der Waals surface area contributed by atoms with Gasteiger partial charge in [0.25, 0.3) is 0 Å². The van der Waals surface area contributed by atoms with Gasteiger partial charge in [0.2, 0.25) is 0 Å². The van der Waals surface area contributed by atoms with Crippen LogP contribution in [0.4, 0.5) is 8.78 Å². The van der Waals surface area contributed by atoms with Crippen molar-refractivity contribution in [3.8, 4) is 0 Å². The van der Waals surface area contributed by atoms with Crippen LogP contribution in [0.3, 0.4) is 0 Å². The topological polar surface area (TPSA) is 3.24 Å². The molecule has 1 atom stereocenters. The SMILES string of the molecule is Fc1cccc(CN2CCC(Cl)C2)c1F. The van der Waals surface area contributed by atoms with Gasteiger partial charge in [-0.2, -0.15) is 0 Å². The van der Waals surface area contributed by atoms with Crippen LogP contribution in [0.15, 0.2) is 18.2 Å². The van der Waals surface area contributed by atoms with Crippen LogP contribution in [0, 0.1) is 11.6 Å². The molecule has 1 aliphatic heterocycles. The van der Waals surface area contributed by atoms with Crippen molar-refractivity contribution in [2.45, 2.75) is 18.3 Å². The van der Waals surface area contributed by atoms with Gasteiger partial charge in [-0.3, -0.25) is 4.90 Å². The van der Waals surface area contributed by atoms with Crippen LogP contribution in [0.25, 0.3) is 0 Å². The average Bonchev–Trinajstić information content (AvgIpc) is 2.59. The number of hydrogen-bond acceptors (Lipinski definition) is 1. The smallest absolute Gasteiger partial charge is 0.163 e. The lowest BCUT2D eigenvalue weighted by atomic mass is 10.2. The molecule has 1 aliphatic rings. The summed E-state index contributed by atoms with van der Waals surface area (Å²) in [5.41, 5.74) is 0.403. The molecule has 1 saturated heterocycles. The van der Waals surface area contributed by atoms with Gasteiger partial charge < -0.3 is 0 Å². The summed E-state index contributed by atoms with van der Waals surface area (Å²) >= 11 is 5.93. The zero-order chi connectivity index (χ0) is 10.8. The summed E-state index contributed by atoms with van der Waals surface area (Å²) < 4.78 is 26.2. The third kappa shape index (κ3) is 2.47. The van der Waals surface area contributed by atoms with E-state index >= 15 is 0 Å². The predicted molar refractivity (Wildman–Crippen MR) is 55.9 cm³/mol. The van der Waals surface area contributed by atoms with Gasteiger partial charge in [-0.05, 0) is 19.0 Å². The molecular formula is C11H12ClF2N. The highest BCUT2D eigenvalue weighted by Crippen LogP contribution is 2.19. The van der Waals surface area contributed by atoms with Gasteiger partial charge >= 0.3 is 0 Å². The second-order valence-corrected chi connectivity index (χ2v) is 4.45. The third-order valence-electron chi connectivity index (χ3n) is 2.64. The quantitative estimate of drug-likeness (QED) is 0.708. The molecule has 1 aromatic rings. The molecule has 0 aromatic heterocycles. The van der Waals surface area contributed by atoms with Crippen molar-refractivity contribution in [3.63, 3.8) is 0 Å². The zero-order valence-corrected chi connectivity index (χ0v) is 8.97. The number of nitrogens with zero attached hydrogens (tertiary/aromatic N) is 1. The molecule has 0 radical (unpaired) electrons. The number of likely N-dealkylation sites (tertiary alicyclic amines) is 1. The average molecular weight is 232 g/mol. The highest BCUT2D eigenvalue weighted by atomic mass is 35.5. The highest BCUT2D eigenvalue weighted by Gasteiger charge is 2.21. The van der Waals surface area contributed by atoms with Gasteiger partial charge in [-0.15, -0.1) is 11.6 Å². The summed E-state index contributed by atoms with van der Waals surface area (Å²) in [5, 5.41) is 0.140. The van der Waals surface area contributed by atoms with E-state index in [1.54, 1.807) is 6.07 Å². The maximum Gasteiger partial charge on any atom is 0.163 e. The van der Waals surface area contributed by atoms with Crippen molar-refractivity contribution in [2.24, 2.45) is 0 Å². The first-order valence-corrected chi connectivity index (χ1v) is 5.40. The second kappa shape index (κ2) is 4.45. The Balaban J connectivity index is 2.07. The number of benzene rings is 1. The maximum absolute atomic E-state index is 13.3. The molecule has 0 saturated carbocycles. The van der Waals surface area contributed by atoms with Gasteiger partial charge in [-0.1, -0.05) is 12.1 Å². The Hall–Kier alpha value is -0.670. The molecule has 1 unspecified atom stereocenters. The highest BCUT2D eigenvalue weighted by molar-refractivity contribution is 6.20. The van der Waals surface area contributed by atoms with Crippen LogP contribution < -0.4 is 0 Å². The van der Waals surface area contributed by atoms with Crippen LogP contribution in [0.5, 0.6) is 0 Å². The fraction of sp³-hybridized carbons (Fsp3) is 0.455. The molecule has 82 valence electrons. The first-order chi connectivity index (χ1) is 7.16. The monoisotopic (exact) mass is 231 g/mol. The number of hydrogen-bond donors (Lipinski definition) is 0. The van der Waals surface area contributed by atoms with Gasteiger partial charge in [0.05, 0.1) is 0 Å².